The highest BCUT2D eigenvalue weighted by atomic mass is 16.4. The van der Waals surface area contributed by atoms with Crippen molar-refractivity contribution in [2.75, 3.05) is 20.1 Å². The fraction of sp³-hybridized carbons (Fsp3) is 0.600. The molecule has 0 radical (unpaired) electrons. The molecule has 2 N–H and O–H groups in total. The van der Waals surface area contributed by atoms with Gasteiger partial charge in [0.15, 0.2) is 0 Å². The molecule has 0 amide bonds. The standard InChI is InChI=1S/C10H15N3O2/c1-13-3-2-7(6-13)8-5-11-9(12-8)4-10(14)15/h5,7H,2-4,6H2,1H3,(H,11,12)(H,14,15). The summed E-state index contributed by atoms with van der Waals surface area (Å²) in [5.74, 6) is 0.177. The van der Waals surface area contributed by atoms with E-state index < -0.39 is 5.97 Å². The largest absolute Gasteiger partial charge is 0.481 e. The smallest absolute Gasteiger partial charge is 0.311 e. The van der Waals surface area contributed by atoms with Gasteiger partial charge in [-0.05, 0) is 20.0 Å². The van der Waals surface area contributed by atoms with Gasteiger partial charge in [0.25, 0.3) is 0 Å². The number of likely N-dealkylation sites (tertiary alicyclic amines) is 1. The van der Waals surface area contributed by atoms with Crippen LogP contribution >= 0.6 is 0 Å². The Morgan fingerprint density at radius 1 is 1.80 bits per heavy atom. The molecule has 0 aliphatic carbocycles. The molecule has 1 unspecified atom stereocenters. The second kappa shape index (κ2) is 4.02. The Balaban J connectivity index is 2.03. The van der Waals surface area contributed by atoms with E-state index in [9.17, 15) is 4.79 Å². The zero-order valence-electron chi connectivity index (χ0n) is 8.73. The number of carboxylic acid groups (broad SMARTS) is 1. The number of aromatic nitrogens is 2. The maximum absolute atomic E-state index is 10.5. The number of rotatable bonds is 3. The molecule has 0 bridgehead atoms. The van der Waals surface area contributed by atoms with Gasteiger partial charge in [0.2, 0.25) is 0 Å². The molecule has 1 aromatic heterocycles. The van der Waals surface area contributed by atoms with Crippen LogP contribution in [0.4, 0.5) is 0 Å². The van der Waals surface area contributed by atoms with Crippen LogP contribution in [0.15, 0.2) is 6.20 Å². The summed E-state index contributed by atoms with van der Waals surface area (Å²) in [5.41, 5.74) is 1.07. The van der Waals surface area contributed by atoms with Gasteiger partial charge >= 0.3 is 5.97 Å². The highest BCUT2D eigenvalue weighted by Gasteiger charge is 2.22. The third-order valence-electron chi connectivity index (χ3n) is 2.80. The number of aromatic amines is 1. The lowest BCUT2D eigenvalue weighted by atomic mass is 10.1. The van der Waals surface area contributed by atoms with E-state index in [1.807, 2.05) is 0 Å². The first-order chi connectivity index (χ1) is 7.15. The maximum atomic E-state index is 10.5. The summed E-state index contributed by atoms with van der Waals surface area (Å²) >= 11 is 0. The van der Waals surface area contributed by atoms with Crippen LogP contribution < -0.4 is 0 Å². The molecule has 1 aliphatic rings. The molecule has 0 aromatic carbocycles. The van der Waals surface area contributed by atoms with Crippen LogP contribution in [0.25, 0.3) is 0 Å². The van der Waals surface area contributed by atoms with E-state index in [0.29, 0.717) is 11.7 Å². The number of aliphatic carboxylic acids is 1. The molecular weight excluding hydrogens is 194 g/mol. The van der Waals surface area contributed by atoms with E-state index in [0.717, 1.165) is 25.2 Å². The molecule has 1 aliphatic heterocycles. The van der Waals surface area contributed by atoms with Crippen LogP contribution in [0.3, 0.4) is 0 Å². The van der Waals surface area contributed by atoms with Gasteiger partial charge in [0.05, 0.1) is 0 Å². The molecule has 1 aromatic rings. The third-order valence-corrected chi connectivity index (χ3v) is 2.80. The van der Waals surface area contributed by atoms with E-state index in [1.54, 1.807) is 6.20 Å². The average molecular weight is 209 g/mol. The maximum Gasteiger partial charge on any atom is 0.311 e. The van der Waals surface area contributed by atoms with Gasteiger partial charge in [-0.15, -0.1) is 0 Å². The number of nitrogens with zero attached hydrogens (tertiary/aromatic N) is 2. The first kappa shape index (κ1) is 10.2. The summed E-state index contributed by atoms with van der Waals surface area (Å²) in [7, 11) is 2.09. The van der Waals surface area contributed by atoms with Crippen molar-refractivity contribution in [3.8, 4) is 0 Å². The Hall–Kier alpha value is -1.36. The monoisotopic (exact) mass is 209 g/mol. The van der Waals surface area contributed by atoms with E-state index in [4.69, 9.17) is 5.11 Å². The molecule has 15 heavy (non-hydrogen) atoms. The lowest BCUT2D eigenvalue weighted by molar-refractivity contribution is -0.136. The normalized spacial score (nSPS) is 22.1. The third kappa shape index (κ3) is 2.36. The Morgan fingerprint density at radius 2 is 2.60 bits per heavy atom. The summed E-state index contributed by atoms with van der Waals surface area (Å²) in [6.45, 7) is 2.12. The van der Waals surface area contributed by atoms with Gasteiger partial charge in [-0.25, -0.2) is 4.98 Å². The highest BCUT2D eigenvalue weighted by Crippen LogP contribution is 2.24. The second-order valence-electron chi connectivity index (χ2n) is 4.10. The van der Waals surface area contributed by atoms with Crippen molar-refractivity contribution in [3.63, 3.8) is 0 Å². The molecular formula is C10H15N3O2. The van der Waals surface area contributed by atoms with Crippen LogP contribution in [-0.4, -0.2) is 46.1 Å². The average Bonchev–Trinajstić information content (AvgIpc) is 2.72. The molecule has 1 saturated heterocycles. The van der Waals surface area contributed by atoms with Gasteiger partial charge < -0.3 is 15.0 Å². The number of likely N-dealkylation sites (N-methyl/N-ethyl adjacent to an activating group) is 1. The molecule has 5 heteroatoms. The van der Waals surface area contributed by atoms with E-state index in [-0.39, 0.29) is 6.42 Å². The number of carboxylic acids is 1. The van der Waals surface area contributed by atoms with Crippen LogP contribution in [0.1, 0.15) is 23.9 Å². The topological polar surface area (TPSA) is 69.2 Å². The zero-order chi connectivity index (χ0) is 10.8. The van der Waals surface area contributed by atoms with Crippen molar-refractivity contribution < 1.29 is 9.90 Å². The zero-order valence-corrected chi connectivity index (χ0v) is 8.73. The van der Waals surface area contributed by atoms with Crippen molar-refractivity contribution in [1.29, 1.82) is 0 Å². The highest BCUT2D eigenvalue weighted by molar-refractivity contribution is 5.68. The number of H-pyrrole nitrogens is 1. The fourth-order valence-electron chi connectivity index (χ4n) is 2.01. The molecule has 1 fully saturated rings. The Bertz CT molecular complexity index is 361. The van der Waals surface area contributed by atoms with Crippen molar-refractivity contribution >= 4 is 5.97 Å². The lowest BCUT2D eigenvalue weighted by Gasteiger charge is -2.07. The molecule has 0 saturated carbocycles. The van der Waals surface area contributed by atoms with Gasteiger partial charge in [0.1, 0.15) is 12.2 Å². The van der Waals surface area contributed by atoms with Gasteiger partial charge in [-0.2, -0.15) is 0 Å². The van der Waals surface area contributed by atoms with Crippen LogP contribution in [0.2, 0.25) is 0 Å². The minimum Gasteiger partial charge on any atom is -0.481 e. The minimum absolute atomic E-state index is 0.0252. The van der Waals surface area contributed by atoms with Crippen molar-refractivity contribution in [2.24, 2.45) is 0 Å². The number of imidazole rings is 1. The summed E-state index contributed by atoms with van der Waals surface area (Å²) in [5, 5.41) is 8.62. The fourth-order valence-corrected chi connectivity index (χ4v) is 2.01. The van der Waals surface area contributed by atoms with E-state index in [2.05, 4.69) is 21.9 Å². The Morgan fingerprint density at radius 3 is 3.20 bits per heavy atom. The van der Waals surface area contributed by atoms with Crippen LogP contribution in [-0.2, 0) is 11.2 Å². The molecule has 2 rings (SSSR count). The summed E-state index contributed by atoms with van der Waals surface area (Å²) < 4.78 is 0. The molecule has 1 atom stereocenters. The Kier molecular flexibility index (Phi) is 2.73. The first-order valence-corrected chi connectivity index (χ1v) is 5.09. The van der Waals surface area contributed by atoms with Gasteiger partial charge in [-0.3, -0.25) is 4.79 Å². The Labute approximate surface area is 88.1 Å². The van der Waals surface area contributed by atoms with Crippen molar-refractivity contribution in [2.45, 2.75) is 18.8 Å². The number of carbonyl (C=O) groups is 1. The van der Waals surface area contributed by atoms with Crippen molar-refractivity contribution in [3.05, 3.63) is 17.7 Å². The lowest BCUT2D eigenvalue weighted by Crippen LogP contribution is -2.13. The quantitative estimate of drug-likeness (QED) is 0.758. The van der Waals surface area contributed by atoms with E-state index in [1.165, 1.54) is 0 Å². The predicted molar refractivity (Wildman–Crippen MR) is 54.8 cm³/mol. The second-order valence-corrected chi connectivity index (χ2v) is 4.10. The minimum atomic E-state index is -0.848. The summed E-state index contributed by atoms with van der Waals surface area (Å²) in [4.78, 5) is 19.9. The molecule has 0 spiro atoms. The molecule has 5 nitrogen and oxygen atoms in total. The van der Waals surface area contributed by atoms with Gasteiger partial charge in [0, 0.05) is 24.4 Å². The van der Waals surface area contributed by atoms with Crippen LogP contribution in [0.5, 0.6) is 0 Å². The predicted octanol–water partition coefficient (Wildman–Crippen LogP) is 0.456. The van der Waals surface area contributed by atoms with Gasteiger partial charge in [-0.1, -0.05) is 0 Å². The van der Waals surface area contributed by atoms with Crippen molar-refractivity contribution in [1.82, 2.24) is 14.9 Å². The first-order valence-electron chi connectivity index (χ1n) is 5.09. The van der Waals surface area contributed by atoms with Crippen LogP contribution in [0, 0.1) is 0 Å². The summed E-state index contributed by atoms with van der Waals surface area (Å²) in [6, 6.07) is 0. The molecule has 82 valence electrons. The number of hydrogen-bond donors (Lipinski definition) is 2. The SMILES string of the molecule is CN1CCC(c2cnc(CC(=O)O)[nH]2)C1. The molecule has 2 heterocycles. The summed E-state index contributed by atoms with van der Waals surface area (Å²) in [6.07, 6.45) is 2.86. The van der Waals surface area contributed by atoms with E-state index >= 15 is 0 Å². The number of hydrogen-bond acceptors (Lipinski definition) is 3. The number of nitrogens with one attached hydrogen (secondary N) is 1.